The minimum Gasteiger partial charge on any atom is -0.416 e. The zero-order valence-corrected chi connectivity index (χ0v) is 17.2. The maximum atomic E-state index is 12.6. The summed E-state index contributed by atoms with van der Waals surface area (Å²) in [7, 11) is 0. The summed E-state index contributed by atoms with van der Waals surface area (Å²) in [5.41, 5.74) is 2.16. The highest BCUT2D eigenvalue weighted by Gasteiger charge is 2.18. The van der Waals surface area contributed by atoms with Gasteiger partial charge in [-0.3, -0.25) is 4.79 Å². The molecule has 0 saturated carbocycles. The van der Waals surface area contributed by atoms with Crippen LogP contribution >= 0.6 is 23.1 Å². The molecule has 2 aromatic heterocycles. The maximum Gasteiger partial charge on any atom is 0.277 e. The average molecular weight is 422 g/mol. The summed E-state index contributed by atoms with van der Waals surface area (Å²) in [5, 5.41) is 13.6. The van der Waals surface area contributed by atoms with Crippen molar-refractivity contribution in [3.63, 3.8) is 0 Å². The Kier molecular flexibility index (Phi) is 6.38. The SMILES string of the molecule is O=C(CSc1nnc(Cc2ccccc2)o1)NC(c1ccccc1)c1cccs1. The molecule has 1 atom stereocenters. The average Bonchev–Trinajstić information content (AvgIpc) is 3.44. The quantitative estimate of drug-likeness (QED) is 0.417. The molecule has 0 saturated heterocycles. The molecule has 1 N–H and O–H groups in total. The predicted octanol–water partition coefficient (Wildman–Crippen LogP) is 4.72. The van der Waals surface area contributed by atoms with Crippen LogP contribution in [0, 0.1) is 0 Å². The highest BCUT2D eigenvalue weighted by atomic mass is 32.2. The van der Waals surface area contributed by atoms with E-state index >= 15 is 0 Å². The number of rotatable bonds is 8. The summed E-state index contributed by atoms with van der Waals surface area (Å²) in [5.74, 6) is 0.668. The van der Waals surface area contributed by atoms with Crippen molar-refractivity contribution in [2.75, 3.05) is 5.75 Å². The molecule has 0 aliphatic heterocycles. The Balaban J connectivity index is 1.35. The smallest absolute Gasteiger partial charge is 0.277 e. The first kappa shape index (κ1) is 19.4. The standard InChI is InChI=1S/C22H19N3O2S2/c26-19(23-21(18-12-7-13-28-18)17-10-5-2-6-11-17)15-29-22-25-24-20(27-22)14-16-8-3-1-4-9-16/h1-13,21H,14-15H2,(H,23,26). The number of amides is 1. The van der Waals surface area contributed by atoms with E-state index in [4.69, 9.17) is 4.42 Å². The number of hydrogen-bond donors (Lipinski definition) is 1. The van der Waals surface area contributed by atoms with Crippen LogP contribution in [0.2, 0.25) is 0 Å². The summed E-state index contributed by atoms with van der Waals surface area (Å²) < 4.78 is 5.66. The molecular weight excluding hydrogens is 402 g/mol. The summed E-state index contributed by atoms with van der Waals surface area (Å²) >= 11 is 2.87. The van der Waals surface area contributed by atoms with Gasteiger partial charge in [0.25, 0.3) is 5.22 Å². The van der Waals surface area contributed by atoms with Crippen molar-refractivity contribution in [1.29, 1.82) is 0 Å². The molecule has 0 aliphatic carbocycles. The van der Waals surface area contributed by atoms with Crippen LogP contribution in [0.15, 0.2) is 87.8 Å². The molecule has 146 valence electrons. The molecule has 4 rings (SSSR count). The highest BCUT2D eigenvalue weighted by molar-refractivity contribution is 7.99. The Morgan fingerprint density at radius 3 is 2.48 bits per heavy atom. The Morgan fingerprint density at radius 1 is 1.00 bits per heavy atom. The van der Waals surface area contributed by atoms with Crippen molar-refractivity contribution in [3.05, 3.63) is 100 Å². The Hall–Kier alpha value is -2.90. The van der Waals surface area contributed by atoms with Crippen LogP contribution in [-0.4, -0.2) is 21.9 Å². The first-order valence-corrected chi connectivity index (χ1v) is 11.0. The van der Waals surface area contributed by atoms with Gasteiger partial charge in [-0.15, -0.1) is 21.5 Å². The molecule has 0 aliphatic rings. The fraction of sp³-hybridized carbons (Fsp3) is 0.136. The second-order valence-electron chi connectivity index (χ2n) is 6.34. The van der Waals surface area contributed by atoms with Gasteiger partial charge in [0.2, 0.25) is 11.8 Å². The van der Waals surface area contributed by atoms with Crippen molar-refractivity contribution in [2.24, 2.45) is 0 Å². The van der Waals surface area contributed by atoms with Crippen molar-refractivity contribution in [3.8, 4) is 0 Å². The number of hydrogen-bond acceptors (Lipinski definition) is 6. The number of thioether (sulfide) groups is 1. The van der Waals surface area contributed by atoms with Gasteiger partial charge in [-0.05, 0) is 22.6 Å². The summed E-state index contributed by atoms with van der Waals surface area (Å²) in [6, 6.07) is 23.8. The van der Waals surface area contributed by atoms with E-state index in [2.05, 4.69) is 15.5 Å². The van der Waals surface area contributed by atoms with Crippen LogP contribution < -0.4 is 5.32 Å². The first-order valence-electron chi connectivity index (χ1n) is 9.15. The number of carbonyl (C=O) groups excluding carboxylic acids is 1. The molecule has 0 spiro atoms. The Morgan fingerprint density at radius 2 is 1.76 bits per heavy atom. The molecule has 1 amide bonds. The summed E-state index contributed by atoms with van der Waals surface area (Å²) in [6.07, 6.45) is 0.578. The van der Waals surface area contributed by atoms with Gasteiger partial charge in [0.1, 0.15) is 0 Å². The molecule has 0 radical (unpaired) electrons. The van der Waals surface area contributed by atoms with Crippen LogP contribution in [-0.2, 0) is 11.2 Å². The van der Waals surface area contributed by atoms with Gasteiger partial charge in [-0.25, -0.2) is 0 Å². The minimum atomic E-state index is -0.166. The lowest BCUT2D eigenvalue weighted by molar-refractivity contribution is -0.119. The minimum absolute atomic E-state index is 0.0833. The lowest BCUT2D eigenvalue weighted by Gasteiger charge is -2.17. The van der Waals surface area contributed by atoms with E-state index in [1.807, 2.05) is 78.2 Å². The van der Waals surface area contributed by atoms with Gasteiger partial charge >= 0.3 is 0 Å². The van der Waals surface area contributed by atoms with Crippen molar-refractivity contribution in [2.45, 2.75) is 17.7 Å². The van der Waals surface area contributed by atoms with Gasteiger partial charge in [-0.2, -0.15) is 0 Å². The number of benzene rings is 2. The molecule has 1 unspecified atom stereocenters. The van der Waals surface area contributed by atoms with Crippen LogP contribution in [0.3, 0.4) is 0 Å². The van der Waals surface area contributed by atoms with Crippen LogP contribution in [0.5, 0.6) is 0 Å². The van der Waals surface area contributed by atoms with Gasteiger partial charge in [0, 0.05) is 4.88 Å². The van der Waals surface area contributed by atoms with Crippen molar-refractivity contribution < 1.29 is 9.21 Å². The zero-order chi connectivity index (χ0) is 19.9. The normalized spacial score (nSPS) is 11.9. The topological polar surface area (TPSA) is 68.0 Å². The maximum absolute atomic E-state index is 12.6. The number of nitrogens with one attached hydrogen (secondary N) is 1. The van der Waals surface area contributed by atoms with Gasteiger partial charge in [0.15, 0.2) is 0 Å². The summed E-state index contributed by atoms with van der Waals surface area (Å²) in [6.45, 7) is 0. The molecule has 0 bridgehead atoms. The van der Waals surface area contributed by atoms with Crippen molar-refractivity contribution in [1.82, 2.24) is 15.5 Å². The molecule has 2 heterocycles. The van der Waals surface area contributed by atoms with E-state index in [0.29, 0.717) is 17.5 Å². The highest BCUT2D eigenvalue weighted by Crippen LogP contribution is 2.26. The fourth-order valence-electron chi connectivity index (χ4n) is 2.89. The zero-order valence-electron chi connectivity index (χ0n) is 15.5. The monoisotopic (exact) mass is 421 g/mol. The number of aromatic nitrogens is 2. The number of thiophene rings is 1. The van der Waals surface area contributed by atoms with Crippen LogP contribution in [0.25, 0.3) is 0 Å². The lowest BCUT2D eigenvalue weighted by Crippen LogP contribution is -2.30. The van der Waals surface area contributed by atoms with Gasteiger partial charge in [-0.1, -0.05) is 78.5 Å². The van der Waals surface area contributed by atoms with E-state index in [-0.39, 0.29) is 17.7 Å². The third-order valence-electron chi connectivity index (χ3n) is 4.24. The molecule has 0 fully saturated rings. The van der Waals surface area contributed by atoms with Crippen LogP contribution in [0.1, 0.15) is 27.9 Å². The Bertz CT molecular complexity index is 1030. The third kappa shape index (κ3) is 5.34. The predicted molar refractivity (Wildman–Crippen MR) is 115 cm³/mol. The van der Waals surface area contributed by atoms with E-state index < -0.39 is 0 Å². The Labute approximate surface area is 177 Å². The number of nitrogens with zero attached hydrogens (tertiary/aromatic N) is 2. The van der Waals surface area contributed by atoms with Crippen LogP contribution in [0.4, 0.5) is 0 Å². The number of carbonyl (C=O) groups is 1. The van der Waals surface area contributed by atoms with E-state index in [1.54, 1.807) is 11.3 Å². The van der Waals surface area contributed by atoms with E-state index in [9.17, 15) is 4.79 Å². The van der Waals surface area contributed by atoms with E-state index in [1.165, 1.54) is 11.8 Å². The van der Waals surface area contributed by atoms with E-state index in [0.717, 1.165) is 16.0 Å². The lowest BCUT2D eigenvalue weighted by atomic mass is 10.1. The molecule has 29 heavy (non-hydrogen) atoms. The molecule has 7 heteroatoms. The molecule has 4 aromatic rings. The third-order valence-corrected chi connectivity index (χ3v) is 5.99. The second-order valence-corrected chi connectivity index (χ2v) is 8.25. The first-order chi connectivity index (χ1) is 14.3. The second kappa shape index (κ2) is 9.54. The van der Waals surface area contributed by atoms with Gasteiger partial charge < -0.3 is 9.73 Å². The molecule has 5 nitrogen and oxygen atoms in total. The largest absolute Gasteiger partial charge is 0.416 e. The molecule has 2 aromatic carbocycles. The van der Waals surface area contributed by atoms with Crippen molar-refractivity contribution >= 4 is 29.0 Å². The summed E-state index contributed by atoms with van der Waals surface area (Å²) in [4.78, 5) is 13.7. The fourth-order valence-corrected chi connectivity index (χ4v) is 4.28. The van der Waals surface area contributed by atoms with Gasteiger partial charge in [0.05, 0.1) is 18.2 Å². The molecular formula is C22H19N3O2S2.